The summed E-state index contributed by atoms with van der Waals surface area (Å²) in [7, 11) is 1.77. The molecule has 1 N–H and O–H groups in total. The minimum atomic E-state index is -0.363. The first-order chi connectivity index (χ1) is 11.6. The highest BCUT2D eigenvalue weighted by Crippen LogP contribution is 2.39. The lowest BCUT2D eigenvalue weighted by Crippen LogP contribution is -2.34. The normalized spacial score (nSPS) is 23.7. The zero-order valence-corrected chi connectivity index (χ0v) is 14.2. The van der Waals surface area contributed by atoms with Crippen molar-refractivity contribution < 1.29 is 9.59 Å². The molecule has 3 heterocycles. The van der Waals surface area contributed by atoms with Crippen LogP contribution in [0.3, 0.4) is 0 Å². The van der Waals surface area contributed by atoms with Gasteiger partial charge in [0.2, 0.25) is 11.8 Å². The molecule has 4 rings (SSSR count). The van der Waals surface area contributed by atoms with Crippen LogP contribution in [-0.2, 0) is 16.1 Å². The number of amides is 2. The maximum Gasteiger partial charge on any atom is 0.226 e. The number of carbonyl (C=O) groups is 2. The summed E-state index contributed by atoms with van der Waals surface area (Å²) < 4.78 is 2.03. The highest BCUT2D eigenvalue weighted by Gasteiger charge is 2.43. The van der Waals surface area contributed by atoms with Crippen molar-refractivity contribution in [3.8, 4) is 0 Å². The number of rotatable bonds is 5. The van der Waals surface area contributed by atoms with Crippen LogP contribution in [0, 0.1) is 5.92 Å². The number of nitrogens with zero attached hydrogens (tertiary/aromatic N) is 4. The van der Waals surface area contributed by atoms with Crippen LogP contribution < -0.4 is 5.32 Å². The highest BCUT2D eigenvalue weighted by molar-refractivity contribution is 7.10. The van der Waals surface area contributed by atoms with Crippen molar-refractivity contribution in [2.24, 2.45) is 5.92 Å². The molecular formula is C16H19N5O2S. The van der Waals surface area contributed by atoms with Gasteiger partial charge < -0.3 is 14.8 Å². The third-order valence-electron chi connectivity index (χ3n) is 4.77. The minimum absolute atomic E-state index is 0.00898. The van der Waals surface area contributed by atoms with Gasteiger partial charge in [0.15, 0.2) is 5.82 Å². The minimum Gasteiger partial charge on any atom is -0.348 e. The Morgan fingerprint density at radius 1 is 1.46 bits per heavy atom. The molecule has 2 aliphatic rings. The number of carbonyl (C=O) groups excluding carboxylic acids is 2. The summed E-state index contributed by atoms with van der Waals surface area (Å²) in [6.45, 7) is 0.348. The van der Waals surface area contributed by atoms with Gasteiger partial charge in [0.25, 0.3) is 0 Å². The zero-order valence-electron chi connectivity index (χ0n) is 13.4. The molecule has 0 radical (unpaired) electrons. The van der Waals surface area contributed by atoms with Crippen LogP contribution in [0.15, 0.2) is 23.8 Å². The van der Waals surface area contributed by atoms with Gasteiger partial charge in [0.1, 0.15) is 6.33 Å². The molecule has 0 spiro atoms. The van der Waals surface area contributed by atoms with Crippen molar-refractivity contribution >= 4 is 23.2 Å². The lowest BCUT2D eigenvalue weighted by Gasteiger charge is -2.23. The summed E-state index contributed by atoms with van der Waals surface area (Å²) in [5.74, 6) is 0.320. The number of nitrogens with one attached hydrogen (secondary N) is 1. The Bertz CT molecular complexity index is 752. The standard InChI is InChI=1S/C16H19N5O2S/c1-20-14(22)7-11(15(20)12-3-2-6-24-12)16(23)17-8-13-19-18-9-21(13)10-4-5-10/h2-3,6,9-11,15H,4-5,7-8H2,1H3,(H,17,23)/t11-,15-/m0/s1. The van der Waals surface area contributed by atoms with E-state index in [1.165, 1.54) is 0 Å². The molecule has 0 unspecified atom stereocenters. The molecule has 1 saturated heterocycles. The van der Waals surface area contributed by atoms with Crippen LogP contribution in [0.5, 0.6) is 0 Å². The summed E-state index contributed by atoms with van der Waals surface area (Å²) in [5, 5.41) is 13.0. The van der Waals surface area contributed by atoms with E-state index in [0.717, 1.165) is 23.5 Å². The molecule has 0 bridgehead atoms. The summed E-state index contributed by atoms with van der Waals surface area (Å²) in [6, 6.07) is 4.22. The average Bonchev–Trinajstić information content (AvgIpc) is 2.99. The van der Waals surface area contributed by atoms with E-state index in [2.05, 4.69) is 15.5 Å². The van der Waals surface area contributed by atoms with Gasteiger partial charge in [-0.25, -0.2) is 0 Å². The summed E-state index contributed by atoms with van der Waals surface area (Å²) >= 11 is 1.58. The quantitative estimate of drug-likeness (QED) is 0.891. The zero-order chi connectivity index (χ0) is 16.7. The SMILES string of the molecule is CN1C(=O)C[C@H](C(=O)NCc2nncn2C2CC2)[C@H]1c1cccs1. The predicted octanol–water partition coefficient (Wildman–Crippen LogP) is 1.51. The van der Waals surface area contributed by atoms with Crippen LogP contribution in [0.4, 0.5) is 0 Å². The van der Waals surface area contributed by atoms with Crippen LogP contribution in [0.25, 0.3) is 0 Å². The van der Waals surface area contributed by atoms with Gasteiger partial charge in [-0.15, -0.1) is 21.5 Å². The van der Waals surface area contributed by atoms with Gasteiger partial charge in [-0.05, 0) is 24.3 Å². The predicted molar refractivity (Wildman–Crippen MR) is 88.1 cm³/mol. The second kappa shape index (κ2) is 6.01. The first-order valence-electron chi connectivity index (χ1n) is 8.10. The molecule has 2 amide bonds. The molecule has 1 saturated carbocycles. The Morgan fingerprint density at radius 3 is 3.00 bits per heavy atom. The van der Waals surface area contributed by atoms with Crippen molar-refractivity contribution in [2.45, 2.75) is 37.9 Å². The fraction of sp³-hybridized carbons (Fsp3) is 0.500. The van der Waals surface area contributed by atoms with E-state index in [0.29, 0.717) is 12.6 Å². The van der Waals surface area contributed by atoms with Crippen molar-refractivity contribution in [3.63, 3.8) is 0 Å². The van der Waals surface area contributed by atoms with Gasteiger partial charge in [-0.2, -0.15) is 0 Å². The van der Waals surface area contributed by atoms with Crippen LogP contribution in [0.1, 0.15) is 42.0 Å². The maximum atomic E-state index is 12.7. The Balaban J connectivity index is 1.46. The molecule has 2 atom stereocenters. The van der Waals surface area contributed by atoms with E-state index in [4.69, 9.17) is 0 Å². The van der Waals surface area contributed by atoms with Gasteiger partial charge >= 0.3 is 0 Å². The van der Waals surface area contributed by atoms with E-state index < -0.39 is 0 Å². The number of hydrogen-bond donors (Lipinski definition) is 1. The van der Waals surface area contributed by atoms with E-state index in [9.17, 15) is 9.59 Å². The van der Waals surface area contributed by atoms with Gasteiger partial charge in [0, 0.05) is 24.4 Å². The Labute approximate surface area is 143 Å². The fourth-order valence-corrected chi connectivity index (χ4v) is 4.23. The number of thiophene rings is 1. The van der Waals surface area contributed by atoms with E-state index in [-0.39, 0.29) is 30.2 Å². The Kier molecular flexibility index (Phi) is 3.84. The van der Waals surface area contributed by atoms with Crippen LogP contribution in [-0.4, -0.2) is 38.5 Å². The number of aromatic nitrogens is 3. The molecule has 24 heavy (non-hydrogen) atoms. The number of hydrogen-bond acceptors (Lipinski definition) is 5. The van der Waals surface area contributed by atoms with E-state index >= 15 is 0 Å². The van der Waals surface area contributed by atoms with E-state index in [1.54, 1.807) is 29.6 Å². The smallest absolute Gasteiger partial charge is 0.226 e. The summed E-state index contributed by atoms with van der Waals surface area (Å²) in [5.41, 5.74) is 0. The molecule has 1 aliphatic heterocycles. The molecular weight excluding hydrogens is 326 g/mol. The highest BCUT2D eigenvalue weighted by atomic mass is 32.1. The lowest BCUT2D eigenvalue weighted by molar-refractivity contribution is -0.128. The van der Waals surface area contributed by atoms with Crippen LogP contribution in [0.2, 0.25) is 0 Å². The van der Waals surface area contributed by atoms with Crippen molar-refractivity contribution in [1.82, 2.24) is 25.0 Å². The van der Waals surface area contributed by atoms with E-state index in [1.807, 2.05) is 22.1 Å². The molecule has 8 heteroatoms. The lowest BCUT2D eigenvalue weighted by atomic mass is 9.98. The molecule has 1 aliphatic carbocycles. The first kappa shape index (κ1) is 15.3. The molecule has 7 nitrogen and oxygen atoms in total. The second-order valence-corrected chi connectivity index (χ2v) is 7.36. The molecule has 2 aromatic rings. The van der Waals surface area contributed by atoms with Crippen LogP contribution >= 0.6 is 11.3 Å². The van der Waals surface area contributed by atoms with Gasteiger partial charge in [-0.1, -0.05) is 6.07 Å². The second-order valence-electron chi connectivity index (χ2n) is 6.38. The molecule has 2 aromatic heterocycles. The summed E-state index contributed by atoms with van der Waals surface area (Å²) in [6.07, 6.45) is 4.25. The Hall–Kier alpha value is -2.22. The Morgan fingerprint density at radius 2 is 2.29 bits per heavy atom. The monoisotopic (exact) mass is 345 g/mol. The molecule has 0 aromatic carbocycles. The average molecular weight is 345 g/mol. The molecule has 2 fully saturated rings. The van der Waals surface area contributed by atoms with Crippen molar-refractivity contribution in [1.29, 1.82) is 0 Å². The van der Waals surface area contributed by atoms with Crippen molar-refractivity contribution in [2.75, 3.05) is 7.05 Å². The third-order valence-corrected chi connectivity index (χ3v) is 5.71. The van der Waals surface area contributed by atoms with Gasteiger partial charge in [-0.3, -0.25) is 9.59 Å². The van der Waals surface area contributed by atoms with Crippen molar-refractivity contribution in [3.05, 3.63) is 34.5 Å². The maximum absolute atomic E-state index is 12.7. The number of likely N-dealkylation sites (tertiary alicyclic amines) is 1. The topological polar surface area (TPSA) is 80.1 Å². The van der Waals surface area contributed by atoms with Gasteiger partial charge in [0.05, 0.1) is 18.5 Å². The summed E-state index contributed by atoms with van der Waals surface area (Å²) in [4.78, 5) is 27.5. The largest absolute Gasteiger partial charge is 0.348 e. The fourth-order valence-electron chi connectivity index (χ4n) is 3.30. The first-order valence-corrected chi connectivity index (χ1v) is 8.98. The molecule has 126 valence electrons. The third kappa shape index (κ3) is 2.71.